The van der Waals surface area contributed by atoms with Crippen molar-refractivity contribution in [1.29, 1.82) is 0 Å². The highest BCUT2D eigenvalue weighted by molar-refractivity contribution is 5.91. The molecule has 3 rings (SSSR count). The number of carboxylic acids is 1. The highest BCUT2D eigenvalue weighted by Gasteiger charge is 2.21. The van der Waals surface area contributed by atoms with Gasteiger partial charge in [0.15, 0.2) is 17.3 Å². The number of hydrogen-bond acceptors (Lipinski definition) is 8. The number of anilines is 1. The molecule has 11 nitrogen and oxygen atoms in total. The summed E-state index contributed by atoms with van der Waals surface area (Å²) in [5.74, 6) is 0.911. The highest BCUT2D eigenvalue weighted by atomic mass is 16.7. The predicted octanol–water partition coefficient (Wildman–Crippen LogP) is 3.98. The third-order valence-electron chi connectivity index (χ3n) is 5.10. The number of methoxy groups -OCH3 is 3. The fourth-order valence-electron chi connectivity index (χ4n) is 3.48. The van der Waals surface area contributed by atoms with Gasteiger partial charge < -0.3 is 29.2 Å². The Morgan fingerprint density at radius 1 is 1.03 bits per heavy atom. The van der Waals surface area contributed by atoms with Gasteiger partial charge >= 0.3 is 12.0 Å². The van der Waals surface area contributed by atoms with Crippen molar-refractivity contribution in [1.82, 2.24) is 10.5 Å². The summed E-state index contributed by atoms with van der Waals surface area (Å²) in [5, 5.41) is 16.4. The van der Waals surface area contributed by atoms with Gasteiger partial charge in [0.2, 0.25) is 5.75 Å². The van der Waals surface area contributed by atoms with Crippen LogP contribution < -0.4 is 24.6 Å². The molecule has 186 valence electrons. The first-order chi connectivity index (χ1) is 16.9. The first-order valence-corrected chi connectivity index (χ1v) is 10.6. The van der Waals surface area contributed by atoms with Gasteiger partial charge in [0.1, 0.15) is 0 Å². The van der Waals surface area contributed by atoms with Crippen LogP contribution in [-0.4, -0.2) is 57.2 Å². The number of urea groups is 1. The van der Waals surface area contributed by atoms with Gasteiger partial charge in [-0.3, -0.25) is 9.63 Å². The Kier molecular flexibility index (Phi) is 8.52. The van der Waals surface area contributed by atoms with Gasteiger partial charge in [-0.25, -0.2) is 4.79 Å². The average Bonchev–Trinajstić information content (AvgIpc) is 3.36. The number of nitrogens with one attached hydrogen (secondary N) is 1. The zero-order valence-corrected chi connectivity index (χ0v) is 19.9. The minimum atomic E-state index is -0.924. The largest absolute Gasteiger partial charge is 0.493 e. The van der Waals surface area contributed by atoms with Crippen LogP contribution in [0, 0.1) is 0 Å². The second-order valence-electron chi connectivity index (χ2n) is 7.24. The zero-order valence-electron chi connectivity index (χ0n) is 19.9. The fourth-order valence-corrected chi connectivity index (χ4v) is 3.48. The summed E-state index contributed by atoms with van der Waals surface area (Å²) < 4.78 is 21.8. The number of hydroxylamine groups is 1. The maximum absolute atomic E-state index is 12.6. The number of aliphatic carboxylic acids is 1. The number of hydrogen-bond donors (Lipinski definition) is 2. The molecule has 2 amide bonds. The predicted molar refractivity (Wildman–Crippen MR) is 127 cm³/mol. The van der Waals surface area contributed by atoms with E-state index in [1.807, 2.05) is 6.07 Å². The van der Waals surface area contributed by atoms with E-state index in [2.05, 4.69) is 10.5 Å². The van der Waals surface area contributed by atoms with Gasteiger partial charge in [0, 0.05) is 24.1 Å². The van der Waals surface area contributed by atoms with Crippen molar-refractivity contribution in [3.05, 3.63) is 42.6 Å². The van der Waals surface area contributed by atoms with Gasteiger partial charge in [-0.05, 0) is 36.2 Å². The van der Waals surface area contributed by atoms with E-state index in [0.717, 1.165) is 5.06 Å². The molecule has 0 bridgehead atoms. The minimum Gasteiger partial charge on any atom is -0.493 e. The number of aromatic nitrogens is 1. The molecule has 35 heavy (non-hydrogen) atoms. The van der Waals surface area contributed by atoms with Gasteiger partial charge in [-0.15, -0.1) is 0 Å². The van der Waals surface area contributed by atoms with Crippen LogP contribution in [0.5, 0.6) is 17.2 Å². The van der Waals surface area contributed by atoms with E-state index in [9.17, 15) is 9.59 Å². The number of amides is 2. The lowest BCUT2D eigenvalue weighted by molar-refractivity contribution is -0.137. The van der Waals surface area contributed by atoms with Gasteiger partial charge in [0.05, 0.1) is 40.3 Å². The van der Waals surface area contributed by atoms with Crippen LogP contribution in [-0.2, 0) is 9.63 Å². The lowest BCUT2D eigenvalue weighted by Gasteiger charge is -2.20. The van der Waals surface area contributed by atoms with Crippen LogP contribution in [0.4, 0.5) is 10.5 Å². The van der Waals surface area contributed by atoms with Crippen molar-refractivity contribution in [2.75, 3.05) is 40.0 Å². The third kappa shape index (κ3) is 5.82. The lowest BCUT2D eigenvalue weighted by Crippen LogP contribution is -2.39. The van der Waals surface area contributed by atoms with Crippen LogP contribution in [0.15, 0.2) is 47.1 Å². The molecule has 2 aromatic carbocycles. The molecule has 3 aromatic rings. The van der Waals surface area contributed by atoms with Crippen molar-refractivity contribution in [2.45, 2.75) is 12.8 Å². The Morgan fingerprint density at radius 3 is 2.34 bits per heavy atom. The maximum Gasteiger partial charge on any atom is 0.346 e. The van der Waals surface area contributed by atoms with E-state index < -0.39 is 12.0 Å². The standard InChI is InChI=1S/C24H27N3O8/c1-31-19-12-16(13-20(32-2)23(19)33-3)22-18(14-26-35-22)15-7-5-8-17(11-15)27(34-4)24(30)25-10-6-9-21(28)29/h5,7-8,11-14H,6,9-10H2,1-4H3,(H,25,30)(H,28,29). The van der Waals surface area contributed by atoms with E-state index in [4.69, 9.17) is 28.7 Å². The number of carbonyl (C=O) groups excluding carboxylic acids is 1. The van der Waals surface area contributed by atoms with E-state index in [0.29, 0.717) is 51.8 Å². The summed E-state index contributed by atoms with van der Waals surface area (Å²) in [7, 11) is 5.94. The molecule has 0 fully saturated rings. The molecule has 1 aromatic heterocycles. The summed E-state index contributed by atoms with van der Waals surface area (Å²) in [6.45, 7) is 0.196. The SMILES string of the molecule is COc1cc(-c2oncc2-c2cccc(N(OC)C(=O)NCCCC(=O)O)c2)cc(OC)c1OC. The molecule has 11 heteroatoms. The topological polar surface area (TPSA) is 133 Å². The van der Waals surface area contributed by atoms with Crippen LogP contribution in [0.25, 0.3) is 22.5 Å². The first-order valence-electron chi connectivity index (χ1n) is 10.6. The van der Waals surface area contributed by atoms with E-state index in [1.54, 1.807) is 36.5 Å². The number of carboxylic acid groups (broad SMARTS) is 1. The molecular formula is C24H27N3O8. The summed E-state index contributed by atoms with van der Waals surface area (Å²) in [6, 6.07) is 10.0. The molecule has 0 aliphatic rings. The van der Waals surface area contributed by atoms with Gasteiger partial charge in [-0.2, -0.15) is 5.06 Å². The number of carbonyl (C=O) groups is 2. The first kappa shape index (κ1) is 25.4. The van der Waals surface area contributed by atoms with E-state index in [1.165, 1.54) is 28.4 Å². The average molecular weight is 485 g/mol. The fraction of sp³-hybridized carbons (Fsp3) is 0.292. The molecule has 0 radical (unpaired) electrons. The monoisotopic (exact) mass is 485 g/mol. The molecular weight excluding hydrogens is 458 g/mol. The van der Waals surface area contributed by atoms with Crippen LogP contribution in [0.1, 0.15) is 12.8 Å². The molecule has 0 aliphatic heterocycles. The second kappa shape index (κ2) is 11.7. The van der Waals surface area contributed by atoms with Crippen molar-refractivity contribution < 1.29 is 38.3 Å². The van der Waals surface area contributed by atoms with Crippen LogP contribution in [0.3, 0.4) is 0 Å². The Bertz CT molecular complexity index is 1150. The number of nitrogens with zero attached hydrogens (tertiary/aromatic N) is 2. The molecule has 1 heterocycles. The molecule has 0 spiro atoms. The minimum absolute atomic E-state index is 0.0417. The number of rotatable bonds is 11. The Morgan fingerprint density at radius 2 is 1.74 bits per heavy atom. The lowest BCUT2D eigenvalue weighted by atomic mass is 10.0. The quantitative estimate of drug-likeness (QED) is 0.306. The molecule has 2 N–H and O–H groups in total. The number of benzene rings is 2. The summed E-state index contributed by atoms with van der Waals surface area (Å²) in [5.41, 5.74) is 2.49. The van der Waals surface area contributed by atoms with Crippen molar-refractivity contribution in [2.24, 2.45) is 0 Å². The zero-order chi connectivity index (χ0) is 25.4. The van der Waals surface area contributed by atoms with Crippen molar-refractivity contribution in [3.8, 4) is 39.7 Å². The molecule has 0 unspecified atom stereocenters. The second-order valence-corrected chi connectivity index (χ2v) is 7.24. The Balaban J connectivity index is 1.91. The molecule has 0 aliphatic carbocycles. The van der Waals surface area contributed by atoms with Gasteiger partial charge in [0.25, 0.3) is 0 Å². The molecule has 0 saturated heterocycles. The highest BCUT2D eigenvalue weighted by Crippen LogP contribution is 2.43. The number of ether oxygens (including phenoxy) is 3. The summed E-state index contributed by atoms with van der Waals surface area (Å²) in [6.07, 6.45) is 1.83. The summed E-state index contributed by atoms with van der Waals surface area (Å²) in [4.78, 5) is 28.5. The Hall–Kier alpha value is -4.25. The van der Waals surface area contributed by atoms with Crippen LogP contribution in [0.2, 0.25) is 0 Å². The molecule has 0 saturated carbocycles. The van der Waals surface area contributed by atoms with Gasteiger partial charge in [-0.1, -0.05) is 17.3 Å². The normalized spacial score (nSPS) is 10.5. The maximum atomic E-state index is 12.6. The Labute approximate surface area is 202 Å². The van der Waals surface area contributed by atoms with E-state index in [-0.39, 0.29) is 13.0 Å². The third-order valence-corrected chi connectivity index (χ3v) is 5.10. The molecule has 0 atom stereocenters. The summed E-state index contributed by atoms with van der Waals surface area (Å²) >= 11 is 0. The smallest absolute Gasteiger partial charge is 0.346 e. The van der Waals surface area contributed by atoms with Crippen molar-refractivity contribution >= 4 is 17.7 Å². The van der Waals surface area contributed by atoms with E-state index >= 15 is 0 Å². The van der Waals surface area contributed by atoms with Crippen LogP contribution >= 0.6 is 0 Å². The van der Waals surface area contributed by atoms with Crippen molar-refractivity contribution in [3.63, 3.8) is 0 Å².